The molecule has 1 fully saturated rings. The van der Waals surface area contributed by atoms with Gasteiger partial charge in [-0.25, -0.2) is 4.39 Å². The van der Waals surface area contributed by atoms with E-state index in [2.05, 4.69) is 5.10 Å². The van der Waals surface area contributed by atoms with E-state index >= 15 is 0 Å². The lowest BCUT2D eigenvalue weighted by molar-refractivity contribution is 0.555. The molecule has 15 heavy (non-hydrogen) atoms. The van der Waals surface area contributed by atoms with Crippen molar-refractivity contribution in [1.29, 1.82) is 0 Å². The average molecular weight is 204 g/mol. The summed E-state index contributed by atoms with van der Waals surface area (Å²) in [4.78, 5) is 0. The molecule has 1 aliphatic carbocycles. The summed E-state index contributed by atoms with van der Waals surface area (Å²) in [6.07, 6.45) is 2.62. The predicted molar refractivity (Wildman–Crippen MR) is 57.2 cm³/mol. The fourth-order valence-electron chi connectivity index (χ4n) is 1.95. The van der Waals surface area contributed by atoms with E-state index in [9.17, 15) is 4.39 Å². The van der Waals surface area contributed by atoms with Gasteiger partial charge in [-0.1, -0.05) is 0 Å². The van der Waals surface area contributed by atoms with Crippen LogP contribution in [0.1, 0.15) is 18.5 Å². The molecule has 0 spiro atoms. The second-order valence-corrected chi connectivity index (χ2v) is 4.37. The van der Waals surface area contributed by atoms with Crippen molar-refractivity contribution < 1.29 is 4.39 Å². The lowest BCUT2D eigenvalue weighted by Gasteiger charge is -2.01. The molecule has 3 rings (SSSR count). The molecule has 2 nitrogen and oxygen atoms in total. The molecule has 0 unspecified atom stereocenters. The van der Waals surface area contributed by atoms with Crippen LogP contribution in [0.4, 0.5) is 4.39 Å². The second-order valence-electron chi connectivity index (χ2n) is 4.37. The average Bonchev–Trinajstić information content (AvgIpc) is 2.97. The first-order valence-corrected chi connectivity index (χ1v) is 5.37. The van der Waals surface area contributed by atoms with Gasteiger partial charge in [0, 0.05) is 17.6 Å². The first-order valence-electron chi connectivity index (χ1n) is 5.37. The Hall–Kier alpha value is -1.38. The zero-order valence-electron chi connectivity index (χ0n) is 8.70. The van der Waals surface area contributed by atoms with E-state index in [1.165, 1.54) is 18.9 Å². The van der Waals surface area contributed by atoms with Crippen LogP contribution >= 0.6 is 0 Å². The van der Waals surface area contributed by atoms with E-state index < -0.39 is 0 Å². The van der Waals surface area contributed by atoms with Gasteiger partial charge in [-0.2, -0.15) is 5.10 Å². The predicted octanol–water partition coefficient (Wildman–Crippen LogP) is 2.89. The summed E-state index contributed by atoms with van der Waals surface area (Å²) in [6, 6.07) is 4.79. The Balaban J connectivity index is 2.10. The summed E-state index contributed by atoms with van der Waals surface area (Å²) in [5, 5.41) is 5.42. The Bertz CT molecular complexity index is 512. The highest BCUT2D eigenvalue weighted by molar-refractivity contribution is 5.81. The van der Waals surface area contributed by atoms with Crippen LogP contribution in [0, 0.1) is 18.7 Å². The SMILES string of the molecule is Cc1c2cc(F)ccc2nn1CC1CC1. The minimum absolute atomic E-state index is 0.184. The van der Waals surface area contributed by atoms with Gasteiger partial charge in [0.2, 0.25) is 0 Å². The Kier molecular flexibility index (Phi) is 1.81. The van der Waals surface area contributed by atoms with Crippen molar-refractivity contribution in [3.8, 4) is 0 Å². The largest absolute Gasteiger partial charge is 0.268 e. The number of fused-ring (bicyclic) bond motifs is 1. The quantitative estimate of drug-likeness (QED) is 0.735. The third kappa shape index (κ3) is 1.52. The van der Waals surface area contributed by atoms with Crippen molar-refractivity contribution in [2.75, 3.05) is 0 Å². The third-order valence-electron chi connectivity index (χ3n) is 3.09. The highest BCUT2D eigenvalue weighted by atomic mass is 19.1. The van der Waals surface area contributed by atoms with Gasteiger partial charge in [0.05, 0.1) is 5.52 Å². The summed E-state index contributed by atoms with van der Waals surface area (Å²) in [6.45, 7) is 3.00. The number of rotatable bonds is 2. The smallest absolute Gasteiger partial charge is 0.124 e. The van der Waals surface area contributed by atoms with E-state index in [1.807, 2.05) is 11.6 Å². The van der Waals surface area contributed by atoms with Crippen molar-refractivity contribution in [3.05, 3.63) is 29.7 Å². The fraction of sp³-hybridized carbons (Fsp3) is 0.417. The molecule has 1 aromatic carbocycles. The highest BCUT2D eigenvalue weighted by Crippen LogP contribution is 2.31. The summed E-state index contributed by atoms with van der Waals surface area (Å²) in [5.74, 6) is 0.611. The topological polar surface area (TPSA) is 17.8 Å². The molecule has 0 amide bonds. The molecule has 0 saturated heterocycles. The van der Waals surface area contributed by atoms with E-state index in [-0.39, 0.29) is 5.82 Å². The molecule has 3 heteroatoms. The van der Waals surface area contributed by atoms with Crippen LogP contribution in [0.15, 0.2) is 18.2 Å². The Morgan fingerprint density at radius 3 is 3.00 bits per heavy atom. The molecule has 0 N–H and O–H groups in total. The zero-order valence-corrected chi connectivity index (χ0v) is 8.70. The van der Waals surface area contributed by atoms with Crippen LogP contribution in [0.2, 0.25) is 0 Å². The van der Waals surface area contributed by atoms with Gasteiger partial charge < -0.3 is 0 Å². The summed E-state index contributed by atoms with van der Waals surface area (Å²) in [7, 11) is 0. The normalized spacial score (nSPS) is 16.1. The van der Waals surface area contributed by atoms with Crippen LogP contribution in [0.25, 0.3) is 10.9 Å². The van der Waals surface area contributed by atoms with Gasteiger partial charge >= 0.3 is 0 Å². The molecule has 1 saturated carbocycles. The van der Waals surface area contributed by atoms with Gasteiger partial charge in [0.1, 0.15) is 5.82 Å². The minimum atomic E-state index is -0.184. The molecule has 0 aliphatic heterocycles. The number of aromatic nitrogens is 2. The van der Waals surface area contributed by atoms with E-state index in [0.717, 1.165) is 29.1 Å². The third-order valence-corrected chi connectivity index (χ3v) is 3.09. The molecular formula is C12H13FN2. The highest BCUT2D eigenvalue weighted by Gasteiger charge is 2.23. The number of nitrogens with zero attached hydrogens (tertiary/aromatic N) is 2. The van der Waals surface area contributed by atoms with Crippen LogP contribution in [-0.4, -0.2) is 9.78 Å². The number of benzene rings is 1. The van der Waals surface area contributed by atoms with Gasteiger partial charge in [-0.05, 0) is 43.9 Å². The molecular weight excluding hydrogens is 191 g/mol. The van der Waals surface area contributed by atoms with E-state index in [1.54, 1.807) is 12.1 Å². The standard InChI is InChI=1S/C12H13FN2/c1-8-11-6-10(13)4-5-12(11)14-15(8)7-9-2-3-9/h4-6,9H,2-3,7H2,1H3. The Morgan fingerprint density at radius 2 is 2.27 bits per heavy atom. The first-order chi connectivity index (χ1) is 7.24. The second kappa shape index (κ2) is 3.05. The van der Waals surface area contributed by atoms with E-state index in [4.69, 9.17) is 0 Å². The maximum absolute atomic E-state index is 13.1. The minimum Gasteiger partial charge on any atom is -0.268 e. The summed E-state index contributed by atoms with van der Waals surface area (Å²) in [5.41, 5.74) is 1.98. The molecule has 1 aliphatic rings. The molecule has 0 bridgehead atoms. The molecule has 78 valence electrons. The van der Waals surface area contributed by atoms with Crippen LogP contribution in [-0.2, 0) is 6.54 Å². The molecule has 0 atom stereocenters. The van der Waals surface area contributed by atoms with E-state index in [0.29, 0.717) is 0 Å². The Morgan fingerprint density at radius 1 is 1.47 bits per heavy atom. The fourth-order valence-corrected chi connectivity index (χ4v) is 1.95. The summed E-state index contributed by atoms with van der Waals surface area (Å²) < 4.78 is 15.1. The number of hydrogen-bond acceptors (Lipinski definition) is 1. The van der Waals surface area contributed by atoms with Crippen molar-refractivity contribution in [2.45, 2.75) is 26.3 Å². The number of aryl methyl sites for hydroxylation is 1. The van der Waals surface area contributed by atoms with Crippen LogP contribution in [0.3, 0.4) is 0 Å². The lowest BCUT2D eigenvalue weighted by Crippen LogP contribution is -2.03. The first kappa shape index (κ1) is 8.89. The maximum atomic E-state index is 13.1. The monoisotopic (exact) mass is 204 g/mol. The molecule has 1 heterocycles. The lowest BCUT2D eigenvalue weighted by atomic mass is 10.2. The molecule has 2 aromatic rings. The maximum Gasteiger partial charge on any atom is 0.124 e. The van der Waals surface area contributed by atoms with Gasteiger partial charge in [-0.3, -0.25) is 4.68 Å². The van der Waals surface area contributed by atoms with Crippen molar-refractivity contribution in [1.82, 2.24) is 9.78 Å². The van der Waals surface area contributed by atoms with Crippen molar-refractivity contribution in [2.24, 2.45) is 5.92 Å². The van der Waals surface area contributed by atoms with Crippen molar-refractivity contribution in [3.63, 3.8) is 0 Å². The van der Waals surface area contributed by atoms with Crippen LogP contribution < -0.4 is 0 Å². The zero-order chi connectivity index (χ0) is 10.4. The van der Waals surface area contributed by atoms with Crippen LogP contribution in [0.5, 0.6) is 0 Å². The van der Waals surface area contributed by atoms with Gasteiger partial charge in [-0.15, -0.1) is 0 Å². The van der Waals surface area contributed by atoms with Gasteiger partial charge in [0.15, 0.2) is 0 Å². The molecule has 0 radical (unpaired) electrons. The molecule has 1 aromatic heterocycles. The number of hydrogen-bond donors (Lipinski definition) is 0. The van der Waals surface area contributed by atoms with Crippen molar-refractivity contribution >= 4 is 10.9 Å². The summed E-state index contributed by atoms with van der Waals surface area (Å²) >= 11 is 0. The van der Waals surface area contributed by atoms with Gasteiger partial charge in [0.25, 0.3) is 0 Å². The Labute approximate surface area is 87.7 Å². The number of halogens is 1.